The SMILES string of the molecule is COc1ccc(N)c(NC2CCC(SC)C2)c1. The Kier molecular flexibility index (Phi) is 4.05. The molecule has 2 atom stereocenters. The molecule has 3 nitrogen and oxygen atoms in total. The molecule has 94 valence electrons. The zero-order chi connectivity index (χ0) is 12.3. The first-order valence-electron chi connectivity index (χ1n) is 5.95. The molecule has 1 fully saturated rings. The van der Waals surface area contributed by atoms with Gasteiger partial charge >= 0.3 is 0 Å². The lowest BCUT2D eigenvalue weighted by molar-refractivity contribution is 0.415. The van der Waals surface area contributed by atoms with E-state index in [9.17, 15) is 0 Å². The predicted molar refractivity (Wildman–Crippen MR) is 76.0 cm³/mol. The Morgan fingerprint density at radius 1 is 1.41 bits per heavy atom. The standard InChI is InChI=1S/C13H20N2OS/c1-16-10-4-6-12(14)13(8-10)15-9-3-5-11(7-9)17-2/h4,6,8-9,11,15H,3,5,7,14H2,1-2H3. The highest BCUT2D eigenvalue weighted by atomic mass is 32.2. The smallest absolute Gasteiger partial charge is 0.121 e. The molecule has 1 saturated carbocycles. The molecule has 4 heteroatoms. The van der Waals surface area contributed by atoms with Gasteiger partial charge in [0.25, 0.3) is 0 Å². The summed E-state index contributed by atoms with van der Waals surface area (Å²) in [6.07, 6.45) is 5.93. The van der Waals surface area contributed by atoms with Gasteiger partial charge in [-0.15, -0.1) is 0 Å². The number of benzene rings is 1. The van der Waals surface area contributed by atoms with Crippen LogP contribution in [0.4, 0.5) is 11.4 Å². The Labute approximate surface area is 107 Å². The first kappa shape index (κ1) is 12.4. The summed E-state index contributed by atoms with van der Waals surface area (Å²) >= 11 is 1.96. The van der Waals surface area contributed by atoms with E-state index in [1.807, 2.05) is 30.0 Å². The lowest BCUT2D eigenvalue weighted by atomic mass is 10.2. The second kappa shape index (κ2) is 5.54. The van der Waals surface area contributed by atoms with E-state index in [2.05, 4.69) is 11.6 Å². The highest BCUT2D eigenvalue weighted by molar-refractivity contribution is 7.99. The van der Waals surface area contributed by atoms with Crippen molar-refractivity contribution in [3.8, 4) is 5.75 Å². The van der Waals surface area contributed by atoms with Crippen LogP contribution in [0.15, 0.2) is 18.2 Å². The van der Waals surface area contributed by atoms with Crippen molar-refractivity contribution in [1.29, 1.82) is 0 Å². The van der Waals surface area contributed by atoms with Gasteiger partial charge in [-0.3, -0.25) is 0 Å². The van der Waals surface area contributed by atoms with Crippen LogP contribution >= 0.6 is 11.8 Å². The Morgan fingerprint density at radius 3 is 2.88 bits per heavy atom. The van der Waals surface area contributed by atoms with Crippen LogP contribution in [0.5, 0.6) is 5.75 Å². The van der Waals surface area contributed by atoms with Crippen molar-refractivity contribution in [2.45, 2.75) is 30.6 Å². The van der Waals surface area contributed by atoms with Crippen LogP contribution in [-0.2, 0) is 0 Å². The summed E-state index contributed by atoms with van der Waals surface area (Å²) < 4.78 is 5.22. The summed E-state index contributed by atoms with van der Waals surface area (Å²) in [6, 6.07) is 6.30. The summed E-state index contributed by atoms with van der Waals surface area (Å²) in [4.78, 5) is 0. The van der Waals surface area contributed by atoms with Crippen LogP contribution < -0.4 is 15.8 Å². The Balaban J connectivity index is 2.03. The minimum Gasteiger partial charge on any atom is -0.497 e. The molecule has 3 N–H and O–H groups in total. The zero-order valence-corrected chi connectivity index (χ0v) is 11.2. The monoisotopic (exact) mass is 252 g/mol. The van der Waals surface area contributed by atoms with Gasteiger partial charge in [-0.1, -0.05) is 0 Å². The van der Waals surface area contributed by atoms with Crippen molar-refractivity contribution >= 4 is 23.1 Å². The van der Waals surface area contributed by atoms with Crippen molar-refractivity contribution in [1.82, 2.24) is 0 Å². The Bertz CT molecular complexity index is 384. The molecular weight excluding hydrogens is 232 g/mol. The number of methoxy groups -OCH3 is 1. The van der Waals surface area contributed by atoms with E-state index in [-0.39, 0.29) is 0 Å². The molecule has 0 bridgehead atoms. The van der Waals surface area contributed by atoms with Gasteiger partial charge in [0.05, 0.1) is 18.5 Å². The van der Waals surface area contributed by atoms with Gasteiger partial charge in [-0.25, -0.2) is 0 Å². The number of hydrogen-bond donors (Lipinski definition) is 2. The van der Waals surface area contributed by atoms with Crippen LogP contribution in [-0.4, -0.2) is 24.7 Å². The normalized spacial score (nSPS) is 23.6. The molecular formula is C13H20N2OS. The molecule has 2 rings (SSSR count). The van der Waals surface area contributed by atoms with Gasteiger partial charge in [0.1, 0.15) is 5.75 Å². The molecule has 0 spiro atoms. The Hall–Kier alpha value is -1.03. The first-order valence-corrected chi connectivity index (χ1v) is 7.24. The van der Waals surface area contributed by atoms with Crippen molar-refractivity contribution in [2.75, 3.05) is 24.4 Å². The van der Waals surface area contributed by atoms with E-state index < -0.39 is 0 Å². The number of thioether (sulfide) groups is 1. The number of nitrogen functional groups attached to an aromatic ring is 1. The average Bonchev–Trinajstić information content (AvgIpc) is 2.80. The topological polar surface area (TPSA) is 47.3 Å². The molecule has 0 heterocycles. The number of ether oxygens (including phenoxy) is 1. The third-order valence-electron chi connectivity index (χ3n) is 3.34. The zero-order valence-electron chi connectivity index (χ0n) is 10.4. The summed E-state index contributed by atoms with van der Waals surface area (Å²) in [5.74, 6) is 0.848. The Morgan fingerprint density at radius 2 is 2.24 bits per heavy atom. The van der Waals surface area contributed by atoms with E-state index in [1.165, 1.54) is 19.3 Å². The van der Waals surface area contributed by atoms with Crippen molar-refractivity contribution in [3.05, 3.63) is 18.2 Å². The lowest BCUT2D eigenvalue weighted by Crippen LogP contribution is -2.16. The number of rotatable bonds is 4. The minimum atomic E-state index is 0.543. The molecule has 2 unspecified atom stereocenters. The van der Waals surface area contributed by atoms with E-state index in [1.54, 1.807) is 7.11 Å². The van der Waals surface area contributed by atoms with E-state index in [0.717, 1.165) is 22.4 Å². The number of hydrogen-bond acceptors (Lipinski definition) is 4. The summed E-state index contributed by atoms with van der Waals surface area (Å²) in [7, 11) is 1.68. The predicted octanol–water partition coefficient (Wildman–Crippen LogP) is 2.97. The molecule has 0 amide bonds. The van der Waals surface area contributed by atoms with Gasteiger partial charge in [0, 0.05) is 17.4 Å². The maximum Gasteiger partial charge on any atom is 0.121 e. The molecule has 0 aliphatic heterocycles. The first-order chi connectivity index (χ1) is 8.22. The molecule has 0 saturated heterocycles. The van der Waals surface area contributed by atoms with Gasteiger partial charge in [-0.05, 0) is 37.7 Å². The third kappa shape index (κ3) is 3.00. The molecule has 1 aliphatic carbocycles. The van der Waals surface area contributed by atoms with Crippen molar-refractivity contribution < 1.29 is 4.74 Å². The van der Waals surface area contributed by atoms with E-state index in [0.29, 0.717) is 6.04 Å². The van der Waals surface area contributed by atoms with Gasteiger partial charge < -0.3 is 15.8 Å². The van der Waals surface area contributed by atoms with Gasteiger partial charge in [0.15, 0.2) is 0 Å². The second-order valence-electron chi connectivity index (χ2n) is 4.47. The van der Waals surface area contributed by atoms with Crippen LogP contribution in [0.1, 0.15) is 19.3 Å². The molecule has 1 aromatic rings. The van der Waals surface area contributed by atoms with Crippen molar-refractivity contribution in [3.63, 3.8) is 0 Å². The van der Waals surface area contributed by atoms with Crippen molar-refractivity contribution in [2.24, 2.45) is 0 Å². The van der Waals surface area contributed by atoms with Crippen LogP contribution in [0.3, 0.4) is 0 Å². The fourth-order valence-electron chi connectivity index (χ4n) is 2.29. The number of nitrogens with two attached hydrogens (primary N) is 1. The molecule has 0 radical (unpaired) electrons. The van der Waals surface area contributed by atoms with Gasteiger partial charge in [-0.2, -0.15) is 11.8 Å². The summed E-state index contributed by atoms with van der Waals surface area (Å²) in [5, 5.41) is 4.32. The molecule has 0 aromatic heterocycles. The summed E-state index contributed by atoms with van der Waals surface area (Å²) in [6.45, 7) is 0. The van der Waals surface area contributed by atoms with Crippen LogP contribution in [0.2, 0.25) is 0 Å². The molecule has 17 heavy (non-hydrogen) atoms. The quantitative estimate of drug-likeness (QED) is 0.809. The third-order valence-corrected chi connectivity index (χ3v) is 4.43. The maximum atomic E-state index is 5.97. The average molecular weight is 252 g/mol. The minimum absolute atomic E-state index is 0.543. The fourth-order valence-corrected chi connectivity index (χ4v) is 3.09. The van der Waals surface area contributed by atoms with E-state index in [4.69, 9.17) is 10.5 Å². The largest absolute Gasteiger partial charge is 0.497 e. The fraction of sp³-hybridized carbons (Fsp3) is 0.538. The van der Waals surface area contributed by atoms with Crippen LogP contribution in [0, 0.1) is 0 Å². The van der Waals surface area contributed by atoms with Crippen LogP contribution in [0.25, 0.3) is 0 Å². The molecule has 1 aromatic carbocycles. The number of nitrogens with one attached hydrogen (secondary N) is 1. The lowest BCUT2D eigenvalue weighted by Gasteiger charge is -2.16. The highest BCUT2D eigenvalue weighted by Gasteiger charge is 2.24. The highest BCUT2D eigenvalue weighted by Crippen LogP contribution is 2.32. The number of anilines is 2. The molecule has 1 aliphatic rings. The summed E-state index contributed by atoms with van der Waals surface area (Å²) in [5.41, 5.74) is 7.75. The van der Waals surface area contributed by atoms with E-state index >= 15 is 0 Å². The van der Waals surface area contributed by atoms with Gasteiger partial charge in [0.2, 0.25) is 0 Å². The maximum absolute atomic E-state index is 5.97. The second-order valence-corrected chi connectivity index (χ2v) is 5.60.